The Morgan fingerprint density at radius 1 is 1.10 bits per heavy atom. The van der Waals surface area contributed by atoms with Crippen LogP contribution in [0.5, 0.6) is 0 Å². The maximum atomic E-state index is 5.49. The van der Waals surface area contributed by atoms with Gasteiger partial charge in [-0.25, -0.2) is 15.8 Å². The van der Waals surface area contributed by atoms with Crippen molar-refractivity contribution in [1.29, 1.82) is 0 Å². The van der Waals surface area contributed by atoms with Gasteiger partial charge in [0.05, 0.1) is 0 Å². The van der Waals surface area contributed by atoms with Crippen LogP contribution >= 0.6 is 0 Å². The van der Waals surface area contributed by atoms with Crippen molar-refractivity contribution in [3.05, 3.63) is 41.2 Å². The molecule has 5 heteroatoms. The molecule has 0 amide bonds. The molecule has 0 bridgehead atoms. The summed E-state index contributed by atoms with van der Waals surface area (Å²) in [5.74, 6) is 7.60. The molecule has 0 aliphatic carbocycles. The minimum atomic E-state index is 0.646. The maximum Gasteiger partial charge on any atom is 0.148 e. The molecule has 1 aromatic heterocycles. The number of aromatic nitrogens is 2. The molecule has 0 fully saturated rings. The zero-order chi connectivity index (χ0) is 14.5. The summed E-state index contributed by atoms with van der Waals surface area (Å²) in [5, 5.41) is 3.39. The van der Waals surface area contributed by atoms with E-state index in [0.29, 0.717) is 11.6 Å². The van der Waals surface area contributed by atoms with Crippen LogP contribution in [0.3, 0.4) is 0 Å². The molecular weight excluding hydrogens is 250 g/mol. The summed E-state index contributed by atoms with van der Waals surface area (Å²) in [6.45, 7) is 5.97. The molecule has 0 saturated heterocycles. The summed E-state index contributed by atoms with van der Waals surface area (Å²) in [6, 6.07) is 8.28. The number of benzene rings is 1. The molecule has 0 atom stereocenters. The van der Waals surface area contributed by atoms with Crippen molar-refractivity contribution in [1.82, 2.24) is 9.97 Å². The third kappa shape index (κ3) is 3.05. The number of para-hydroxylation sites is 1. The molecule has 5 nitrogen and oxygen atoms in total. The second-order valence-electron chi connectivity index (χ2n) is 4.77. The van der Waals surface area contributed by atoms with Crippen molar-refractivity contribution in [2.75, 3.05) is 10.7 Å². The largest absolute Gasteiger partial charge is 0.340 e. The van der Waals surface area contributed by atoms with Gasteiger partial charge in [-0.1, -0.05) is 31.5 Å². The van der Waals surface area contributed by atoms with Crippen molar-refractivity contribution < 1.29 is 0 Å². The van der Waals surface area contributed by atoms with Gasteiger partial charge >= 0.3 is 0 Å². The third-order valence-corrected chi connectivity index (χ3v) is 3.18. The van der Waals surface area contributed by atoms with Gasteiger partial charge < -0.3 is 10.7 Å². The molecule has 0 saturated carbocycles. The zero-order valence-corrected chi connectivity index (χ0v) is 12.2. The van der Waals surface area contributed by atoms with Crippen molar-refractivity contribution >= 4 is 17.3 Å². The molecule has 0 spiro atoms. The Balaban J connectivity index is 2.37. The first-order valence-electron chi connectivity index (χ1n) is 6.82. The average molecular weight is 271 g/mol. The van der Waals surface area contributed by atoms with Crippen molar-refractivity contribution in [2.24, 2.45) is 5.84 Å². The van der Waals surface area contributed by atoms with Crippen LogP contribution < -0.4 is 16.6 Å². The summed E-state index contributed by atoms with van der Waals surface area (Å²) in [5.41, 5.74) is 5.88. The van der Waals surface area contributed by atoms with E-state index in [1.54, 1.807) is 0 Å². The van der Waals surface area contributed by atoms with Gasteiger partial charge in [-0.15, -0.1) is 0 Å². The first kappa shape index (κ1) is 14.3. The Hall–Kier alpha value is -2.14. The highest BCUT2D eigenvalue weighted by molar-refractivity contribution is 5.66. The van der Waals surface area contributed by atoms with Gasteiger partial charge in [-0.2, -0.15) is 0 Å². The highest BCUT2D eigenvalue weighted by Gasteiger charge is 2.10. The number of hydrogen-bond donors (Lipinski definition) is 3. The van der Waals surface area contributed by atoms with Crippen LogP contribution in [-0.4, -0.2) is 9.97 Å². The lowest BCUT2D eigenvalue weighted by Gasteiger charge is -2.15. The lowest BCUT2D eigenvalue weighted by molar-refractivity contribution is 0.922. The number of nitrogens with zero attached hydrogens (tertiary/aromatic N) is 2. The Morgan fingerprint density at radius 3 is 2.50 bits per heavy atom. The third-order valence-electron chi connectivity index (χ3n) is 3.18. The minimum absolute atomic E-state index is 0.646. The number of nitrogens with one attached hydrogen (secondary N) is 2. The normalized spacial score (nSPS) is 10.4. The SMILES string of the molecule is CCCc1ccccc1Nc1nc(C)nc(NN)c1C. The summed E-state index contributed by atoms with van der Waals surface area (Å²) < 4.78 is 0. The van der Waals surface area contributed by atoms with E-state index in [9.17, 15) is 0 Å². The van der Waals surface area contributed by atoms with E-state index < -0.39 is 0 Å². The van der Waals surface area contributed by atoms with Crippen LogP contribution in [-0.2, 0) is 6.42 Å². The standard InChI is InChI=1S/C15H21N5/c1-4-7-12-8-5-6-9-13(12)19-14-10(2)15(20-16)18-11(3)17-14/h5-6,8-9H,4,7,16H2,1-3H3,(H2,17,18,19,20). The maximum absolute atomic E-state index is 5.49. The second-order valence-corrected chi connectivity index (χ2v) is 4.77. The predicted octanol–water partition coefficient (Wildman–Crippen LogP) is 3.08. The topological polar surface area (TPSA) is 75.9 Å². The van der Waals surface area contributed by atoms with Crippen molar-refractivity contribution in [3.63, 3.8) is 0 Å². The van der Waals surface area contributed by atoms with E-state index >= 15 is 0 Å². The van der Waals surface area contributed by atoms with Crippen molar-refractivity contribution in [3.8, 4) is 0 Å². The Kier molecular flexibility index (Phi) is 4.53. The minimum Gasteiger partial charge on any atom is -0.340 e. The van der Waals surface area contributed by atoms with Crippen LogP contribution in [0.1, 0.15) is 30.3 Å². The smallest absolute Gasteiger partial charge is 0.148 e. The number of hydrazine groups is 1. The molecule has 0 radical (unpaired) electrons. The fourth-order valence-corrected chi connectivity index (χ4v) is 2.15. The number of aryl methyl sites for hydroxylation is 2. The van der Waals surface area contributed by atoms with E-state index in [2.05, 4.69) is 45.8 Å². The Bertz CT molecular complexity index is 595. The molecule has 1 aromatic carbocycles. The molecule has 2 rings (SSSR count). The fourth-order valence-electron chi connectivity index (χ4n) is 2.15. The number of nitrogen functional groups attached to an aromatic ring is 1. The monoisotopic (exact) mass is 271 g/mol. The van der Waals surface area contributed by atoms with Gasteiger partial charge in [0.2, 0.25) is 0 Å². The van der Waals surface area contributed by atoms with E-state index in [1.165, 1.54) is 5.56 Å². The molecule has 1 heterocycles. The molecule has 20 heavy (non-hydrogen) atoms. The number of rotatable bonds is 5. The van der Waals surface area contributed by atoms with Gasteiger partial charge in [0.1, 0.15) is 17.5 Å². The molecule has 0 unspecified atom stereocenters. The molecule has 0 aliphatic rings. The van der Waals surface area contributed by atoms with Crippen LogP contribution in [0.4, 0.5) is 17.3 Å². The lowest BCUT2D eigenvalue weighted by Crippen LogP contribution is -2.13. The van der Waals surface area contributed by atoms with Crippen LogP contribution in [0.25, 0.3) is 0 Å². The second kappa shape index (κ2) is 6.34. The number of anilines is 3. The van der Waals surface area contributed by atoms with E-state index in [4.69, 9.17) is 5.84 Å². The number of hydrogen-bond acceptors (Lipinski definition) is 5. The highest BCUT2D eigenvalue weighted by Crippen LogP contribution is 2.25. The summed E-state index contributed by atoms with van der Waals surface area (Å²) >= 11 is 0. The van der Waals surface area contributed by atoms with Crippen molar-refractivity contribution in [2.45, 2.75) is 33.6 Å². The molecule has 0 aliphatic heterocycles. The number of nitrogens with two attached hydrogens (primary N) is 1. The van der Waals surface area contributed by atoms with Gasteiger partial charge in [0.15, 0.2) is 0 Å². The van der Waals surface area contributed by atoms with E-state index in [1.807, 2.05) is 19.9 Å². The van der Waals surface area contributed by atoms with Crippen LogP contribution in [0.2, 0.25) is 0 Å². The van der Waals surface area contributed by atoms with Crippen LogP contribution in [0, 0.1) is 13.8 Å². The first-order chi connectivity index (χ1) is 9.65. The Morgan fingerprint density at radius 2 is 1.80 bits per heavy atom. The summed E-state index contributed by atoms with van der Waals surface area (Å²) in [4.78, 5) is 8.73. The Labute approximate surface area is 119 Å². The summed E-state index contributed by atoms with van der Waals surface area (Å²) in [7, 11) is 0. The molecule has 2 aromatic rings. The van der Waals surface area contributed by atoms with E-state index in [-0.39, 0.29) is 0 Å². The fraction of sp³-hybridized carbons (Fsp3) is 0.333. The predicted molar refractivity (Wildman–Crippen MR) is 83.0 cm³/mol. The quantitative estimate of drug-likeness (QED) is 0.575. The lowest BCUT2D eigenvalue weighted by atomic mass is 10.1. The van der Waals surface area contributed by atoms with Gasteiger partial charge in [-0.3, -0.25) is 0 Å². The van der Waals surface area contributed by atoms with Crippen LogP contribution in [0.15, 0.2) is 24.3 Å². The molecule has 4 N–H and O–H groups in total. The highest BCUT2D eigenvalue weighted by atomic mass is 15.3. The molecular formula is C15H21N5. The van der Waals surface area contributed by atoms with Gasteiger partial charge in [0, 0.05) is 11.3 Å². The molecule has 106 valence electrons. The first-order valence-corrected chi connectivity index (χ1v) is 6.82. The zero-order valence-electron chi connectivity index (χ0n) is 12.2. The van der Waals surface area contributed by atoms with Gasteiger partial charge in [-0.05, 0) is 31.9 Å². The van der Waals surface area contributed by atoms with Gasteiger partial charge in [0.25, 0.3) is 0 Å². The average Bonchev–Trinajstić information content (AvgIpc) is 2.44. The van der Waals surface area contributed by atoms with E-state index in [0.717, 1.165) is 29.9 Å². The summed E-state index contributed by atoms with van der Waals surface area (Å²) in [6.07, 6.45) is 2.14.